The third-order valence-electron chi connectivity index (χ3n) is 4.18. The first-order chi connectivity index (χ1) is 11.4. The van der Waals surface area contributed by atoms with Crippen molar-refractivity contribution in [1.29, 1.82) is 0 Å². The second-order valence-electron chi connectivity index (χ2n) is 5.57. The zero-order chi connectivity index (χ0) is 17.7. The summed E-state index contributed by atoms with van der Waals surface area (Å²) in [5.41, 5.74) is 0.429. The van der Waals surface area contributed by atoms with Gasteiger partial charge in [-0.3, -0.25) is 4.79 Å². The fourth-order valence-corrected chi connectivity index (χ4v) is 3.09. The minimum atomic E-state index is -1.44. The highest BCUT2D eigenvalue weighted by atomic mass is 32.2. The Bertz CT molecular complexity index is 746. The lowest BCUT2D eigenvalue weighted by Gasteiger charge is -2.30. The van der Waals surface area contributed by atoms with Crippen LogP contribution in [0.25, 0.3) is 0 Å². The number of benzene rings is 2. The van der Waals surface area contributed by atoms with Crippen LogP contribution in [0.5, 0.6) is 0 Å². The lowest BCUT2D eigenvalue weighted by Crippen LogP contribution is -2.51. The van der Waals surface area contributed by atoms with Crippen LogP contribution in [0.1, 0.15) is 34.8 Å². The molecular weight excluding hydrogens is 322 g/mol. The quantitative estimate of drug-likeness (QED) is 0.782. The van der Waals surface area contributed by atoms with Crippen LogP contribution in [0.4, 0.5) is 0 Å². The summed E-state index contributed by atoms with van der Waals surface area (Å²) in [6.45, 7) is 3.60. The molecule has 0 spiro atoms. The zero-order valence-corrected chi connectivity index (χ0v) is 14.8. The molecule has 2 N–H and O–H groups in total. The first kappa shape index (κ1) is 18.1. The van der Waals surface area contributed by atoms with E-state index in [9.17, 15) is 14.7 Å². The van der Waals surface area contributed by atoms with Gasteiger partial charge < -0.3 is 10.4 Å². The average Bonchev–Trinajstić information content (AvgIpc) is 2.60. The van der Waals surface area contributed by atoms with E-state index in [4.69, 9.17) is 0 Å². The number of carboxylic acids is 1. The third kappa shape index (κ3) is 3.46. The number of nitrogens with one attached hydrogen (secondary N) is 1. The van der Waals surface area contributed by atoms with Crippen molar-refractivity contribution in [3.05, 3.63) is 65.2 Å². The third-order valence-corrected chi connectivity index (χ3v) is 4.90. The Morgan fingerprint density at radius 3 is 2.38 bits per heavy atom. The standard InChI is InChI=1S/C19H21NO3S/c1-4-19(18(22)23,14-8-6-5-7-9-14)20-17(21)16-12-15(24-3)11-10-13(16)2/h5-12H,4H2,1-3H3,(H,20,21)(H,22,23). The maximum absolute atomic E-state index is 12.8. The number of aryl methyl sites for hydroxylation is 1. The van der Waals surface area contributed by atoms with Crippen LogP contribution in [0.3, 0.4) is 0 Å². The zero-order valence-electron chi connectivity index (χ0n) is 14.0. The SMILES string of the molecule is CCC(NC(=O)c1cc(SC)ccc1C)(C(=O)O)c1ccccc1. The molecule has 0 radical (unpaired) electrons. The molecule has 2 aromatic rings. The normalized spacial score (nSPS) is 13.1. The first-order valence-electron chi connectivity index (χ1n) is 7.70. The Labute approximate surface area is 146 Å². The predicted molar refractivity (Wildman–Crippen MR) is 96.5 cm³/mol. The highest BCUT2D eigenvalue weighted by Gasteiger charge is 2.40. The van der Waals surface area contributed by atoms with Crippen LogP contribution in [0, 0.1) is 6.92 Å². The smallest absolute Gasteiger partial charge is 0.334 e. The summed E-state index contributed by atoms with van der Waals surface area (Å²) in [5.74, 6) is -1.44. The van der Waals surface area contributed by atoms with Gasteiger partial charge in [0.2, 0.25) is 0 Å². The topological polar surface area (TPSA) is 66.4 Å². The van der Waals surface area contributed by atoms with E-state index < -0.39 is 11.5 Å². The number of rotatable bonds is 6. The molecule has 0 aliphatic heterocycles. The number of hydrogen-bond acceptors (Lipinski definition) is 3. The van der Waals surface area contributed by atoms with E-state index >= 15 is 0 Å². The second kappa shape index (κ2) is 7.53. The molecule has 2 aromatic carbocycles. The van der Waals surface area contributed by atoms with Crippen molar-refractivity contribution in [2.75, 3.05) is 6.26 Å². The first-order valence-corrected chi connectivity index (χ1v) is 8.93. The molecule has 1 amide bonds. The van der Waals surface area contributed by atoms with E-state index in [1.165, 1.54) is 11.8 Å². The Morgan fingerprint density at radius 2 is 1.83 bits per heavy atom. The van der Waals surface area contributed by atoms with Crippen LogP contribution in [0.2, 0.25) is 0 Å². The Kier molecular flexibility index (Phi) is 5.67. The fourth-order valence-electron chi connectivity index (χ4n) is 2.65. The summed E-state index contributed by atoms with van der Waals surface area (Å²) in [7, 11) is 0. The van der Waals surface area contributed by atoms with Gasteiger partial charge in [0.1, 0.15) is 0 Å². The number of carboxylic acid groups (broad SMARTS) is 1. The Hall–Kier alpha value is -2.27. The largest absolute Gasteiger partial charge is 0.479 e. The van der Waals surface area contributed by atoms with E-state index in [1.807, 2.05) is 31.4 Å². The van der Waals surface area contributed by atoms with Gasteiger partial charge in [0, 0.05) is 10.5 Å². The molecule has 1 unspecified atom stereocenters. The molecule has 0 aromatic heterocycles. The highest BCUT2D eigenvalue weighted by Crippen LogP contribution is 2.27. The van der Waals surface area contributed by atoms with Crippen molar-refractivity contribution in [3.8, 4) is 0 Å². The van der Waals surface area contributed by atoms with Crippen LogP contribution in [-0.4, -0.2) is 23.2 Å². The second-order valence-corrected chi connectivity index (χ2v) is 6.44. The number of hydrogen-bond donors (Lipinski definition) is 2. The van der Waals surface area contributed by atoms with Crippen LogP contribution < -0.4 is 5.32 Å². The summed E-state index contributed by atoms with van der Waals surface area (Å²) >= 11 is 1.54. The Balaban J connectivity index is 2.44. The molecule has 2 rings (SSSR count). The van der Waals surface area contributed by atoms with Gasteiger partial charge in [0.25, 0.3) is 5.91 Å². The van der Waals surface area contributed by atoms with Crippen molar-refractivity contribution in [2.45, 2.75) is 30.7 Å². The minimum absolute atomic E-state index is 0.249. The van der Waals surface area contributed by atoms with Gasteiger partial charge in [-0.05, 0) is 42.9 Å². The van der Waals surface area contributed by atoms with E-state index in [2.05, 4.69) is 5.32 Å². The van der Waals surface area contributed by atoms with Gasteiger partial charge in [-0.15, -0.1) is 11.8 Å². The van der Waals surface area contributed by atoms with Crippen molar-refractivity contribution >= 4 is 23.6 Å². The van der Waals surface area contributed by atoms with Gasteiger partial charge in [0.05, 0.1) is 0 Å². The number of thioether (sulfide) groups is 1. The number of carbonyl (C=O) groups is 2. The van der Waals surface area contributed by atoms with Crippen molar-refractivity contribution in [3.63, 3.8) is 0 Å². The molecule has 5 heteroatoms. The molecular formula is C19H21NO3S. The van der Waals surface area contributed by atoms with E-state index in [-0.39, 0.29) is 12.3 Å². The maximum Gasteiger partial charge on any atom is 0.334 e. The molecule has 0 heterocycles. The molecule has 24 heavy (non-hydrogen) atoms. The molecule has 4 nitrogen and oxygen atoms in total. The lowest BCUT2D eigenvalue weighted by atomic mass is 9.86. The van der Waals surface area contributed by atoms with Gasteiger partial charge in [0.15, 0.2) is 5.54 Å². The molecule has 0 saturated heterocycles. The van der Waals surface area contributed by atoms with Crippen LogP contribution in [0.15, 0.2) is 53.4 Å². The maximum atomic E-state index is 12.8. The Morgan fingerprint density at radius 1 is 1.17 bits per heavy atom. The van der Waals surface area contributed by atoms with Gasteiger partial charge in [-0.2, -0.15) is 0 Å². The van der Waals surface area contributed by atoms with Gasteiger partial charge in [-0.25, -0.2) is 4.79 Å². The van der Waals surface area contributed by atoms with Crippen molar-refractivity contribution in [2.24, 2.45) is 0 Å². The van der Waals surface area contributed by atoms with E-state index in [0.717, 1.165) is 10.5 Å². The van der Waals surface area contributed by atoms with Crippen molar-refractivity contribution in [1.82, 2.24) is 5.32 Å². The molecule has 0 bridgehead atoms. The summed E-state index contributed by atoms with van der Waals surface area (Å²) in [6, 6.07) is 14.4. The summed E-state index contributed by atoms with van der Waals surface area (Å²) < 4.78 is 0. The molecule has 0 saturated carbocycles. The van der Waals surface area contributed by atoms with Gasteiger partial charge >= 0.3 is 5.97 Å². The van der Waals surface area contributed by atoms with Crippen LogP contribution >= 0.6 is 11.8 Å². The van der Waals surface area contributed by atoms with E-state index in [0.29, 0.717) is 11.1 Å². The summed E-state index contributed by atoms with van der Waals surface area (Å²) in [5, 5.41) is 12.6. The highest BCUT2D eigenvalue weighted by molar-refractivity contribution is 7.98. The summed E-state index contributed by atoms with van der Waals surface area (Å²) in [6.07, 6.45) is 2.18. The van der Waals surface area contributed by atoms with Gasteiger partial charge in [-0.1, -0.05) is 43.3 Å². The number of aliphatic carboxylic acids is 1. The molecule has 1 atom stereocenters. The molecule has 0 fully saturated rings. The minimum Gasteiger partial charge on any atom is -0.479 e. The summed E-state index contributed by atoms with van der Waals surface area (Å²) in [4.78, 5) is 25.8. The monoisotopic (exact) mass is 343 g/mol. The fraction of sp³-hybridized carbons (Fsp3) is 0.263. The predicted octanol–water partition coefficient (Wildman–Crippen LogP) is 3.84. The number of carbonyl (C=O) groups excluding carboxylic acids is 1. The molecule has 0 aliphatic rings. The molecule has 126 valence electrons. The van der Waals surface area contributed by atoms with Crippen molar-refractivity contribution < 1.29 is 14.7 Å². The average molecular weight is 343 g/mol. The van der Waals surface area contributed by atoms with Crippen LogP contribution in [-0.2, 0) is 10.3 Å². The number of amides is 1. The van der Waals surface area contributed by atoms with E-state index in [1.54, 1.807) is 37.3 Å². The lowest BCUT2D eigenvalue weighted by molar-refractivity contribution is -0.145. The molecule has 0 aliphatic carbocycles.